The van der Waals surface area contributed by atoms with Crippen LogP contribution in [0.15, 0.2) is 24.3 Å². The lowest BCUT2D eigenvalue weighted by molar-refractivity contribution is 0.447. The normalized spacial score (nSPS) is 24.4. The van der Waals surface area contributed by atoms with E-state index in [1.807, 2.05) is 0 Å². The second-order valence-electron chi connectivity index (χ2n) is 6.59. The van der Waals surface area contributed by atoms with Crippen LogP contribution in [-0.2, 0) is 6.54 Å². The van der Waals surface area contributed by atoms with Crippen LogP contribution in [0.1, 0.15) is 69.9 Å². The van der Waals surface area contributed by atoms with E-state index in [9.17, 15) is 0 Å². The third-order valence-electron chi connectivity index (χ3n) is 4.50. The van der Waals surface area contributed by atoms with Crippen LogP contribution in [0, 0.1) is 5.92 Å². The average Bonchev–Trinajstić information content (AvgIpc) is 2.61. The molecular weight excluding hydrogens is 230 g/mol. The van der Waals surface area contributed by atoms with Gasteiger partial charge in [0.15, 0.2) is 0 Å². The second-order valence-corrected chi connectivity index (χ2v) is 6.59. The monoisotopic (exact) mass is 259 g/mol. The maximum absolute atomic E-state index is 3.75. The van der Waals surface area contributed by atoms with Crippen LogP contribution in [0.3, 0.4) is 0 Å². The zero-order valence-electron chi connectivity index (χ0n) is 12.8. The highest BCUT2D eigenvalue weighted by molar-refractivity contribution is 5.24. The molecule has 0 heterocycles. The zero-order valence-corrected chi connectivity index (χ0v) is 12.8. The Morgan fingerprint density at radius 1 is 1.05 bits per heavy atom. The Labute approximate surface area is 118 Å². The summed E-state index contributed by atoms with van der Waals surface area (Å²) in [6.07, 6.45) is 6.91. The fraction of sp³-hybridized carbons (Fsp3) is 0.667. The van der Waals surface area contributed by atoms with Gasteiger partial charge in [0.2, 0.25) is 0 Å². The van der Waals surface area contributed by atoms with Crippen molar-refractivity contribution in [2.45, 2.75) is 71.4 Å². The molecule has 106 valence electrons. The van der Waals surface area contributed by atoms with Crippen LogP contribution in [0.25, 0.3) is 0 Å². The molecule has 0 aliphatic heterocycles. The Morgan fingerprint density at radius 2 is 1.79 bits per heavy atom. The van der Waals surface area contributed by atoms with E-state index in [1.165, 1.54) is 43.2 Å². The van der Waals surface area contributed by atoms with Gasteiger partial charge in [-0.15, -0.1) is 0 Å². The Bertz CT molecular complexity index is 366. The molecule has 1 aliphatic carbocycles. The minimum atomic E-state index is 0.630. The number of nitrogens with one attached hydrogen (secondary N) is 1. The van der Waals surface area contributed by atoms with Crippen molar-refractivity contribution in [2.24, 2.45) is 5.92 Å². The Morgan fingerprint density at radius 3 is 2.47 bits per heavy atom. The van der Waals surface area contributed by atoms with E-state index in [0.717, 1.165) is 18.5 Å². The molecule has 2 rings (SSSR count). The van der Waals surface area contributed by atoms with Gasteiger partial charge in [0.05, 0.1) is 0 Å². The van der Waals surface area contributed by atoms with Gasteiger partial charge >= 0.3 is 0 Å². The molecule has 0 saturated heterocycles. The second kappa shape index (κ2) is 7.09. The lowest BCUT2D eigenvalue weighted by atomic mass is 10.0. The number of hydrogen-bond acceptors (Lipinski definition) is 1. The Kier molecular flexibility index (Phi) is 5.45. The Balaban J connectivity index is 1.81. The molecule has 1 nitrogen and oxygen atoms in total. The van der Waals surface area contributed by atoms with Gasteiger partial charge in [0.25, 0.3) is 0 Å². The van der Waals surface area contributed by atoms with Gasteiger partial charge in [0, 0.05) is 12.6 Å². The van der Waals surface area contributed by atoms with Crippen LogP contribution >= 0.6 is 0 Å². The van der Waals surface area contributed by atoms with Gasteiger partial charge in [0.1, 0.15) is 0 Å². The number of benzene rings is 1. The van der Waals surface area contributed by atoms with E-state index in [2.05, 4.69) is 50.4 Å². The zero-order chi connectivity index (χ0) is 13.7. The average molecular weight is 259 g/mol. The third kappa shape index (κ3) is 4.65. The summed E-state index contributed by atoms with van der Waals surface area (Å²) in [6.45, 7) is 7.92. The molecule has 1 aromatic rings. The topological polar surface area (TPSA) is 12.0 Å². The predicted molar refractivity (Wildman–Crippen MR) is 83.4 cm³/mol. The first-order chi connectivity index (χ1) is 9.15. The SMILES string of the molecule is CC1CCCC(NCc2ccc(C(C)C)cc2)CC1. The van der Waals surface area contributed by atoms with Gasteiger partial charge in [-0.3, -0.25) is 0 Å². The summed E-state index contributed by atoms with van der Waals surface area (Å²) >= 11 is 0. The van der Waals surface area contributed by atoms with Gasteiger partial charge in [-0.05, 0) is 42.2 Å². The van der Waals surface area contributed by atoms with Crippen LogP contribution in [0.5, 0.6) is 0 Å². The van der Waals surface area contributed by atoms with E-state index in [-0.39, 0.29) is 0 Å². The molecule has 0 spiro atoms. The summed E-state index contributed by atoms with van der Waals surface area (Å²) in [5.74, 6) is 1.56. The van der Waals surface area contributed by atoms with Gasteiger partial charge in [-0.1, -0.05) is 57.9 Å². The summed E-state index contributed by atoms with van der Waals surface area (Å²) in [5.41, 5.74) is 2.86. The first-order valence-corrected chi connectivity index (χ1v) is 7.97. The van der Waals surface area contributed by atoms with Gasteiger partial charge in [-0.2, -0.15) is 0 Å². The van der Waals surface area contributed by atoms with E-state index in [4.69, 9.17) is 0 Å². The molecule has 1 heteroatoms. The Hall–Kier alpha value is -0.820. The minimum Gasteiger partial charge on any atom is -0.310 e. The molecule has 0 amide bonds. The van der Waals surface area contributed by atoms with Gasteiger partial charge in [-0.25, -0.2) is 0 Å². The van der Waals surface area contributed by atoms with E-state index in [1.54, 1.807) is 0 Å². The molecule has 1 aromatic carbocycles. The first-order valence-electron chi connectivity index (χ1n) is 7.97. The van der Waals surface area contributed by atoms with E-state index >= 15 is 0 Å². The molecule has 2 atom stereocenters. The van der Waals surface area contributed by atoms with E-state index < -0.39 is 0 Å². The molecule has 1 aliphatic rings. The van der Waals surface area contributed by atoms with Crippen molar-refractivity contribution in [1.29, 1.82) is 0 Å². The van der Waals surface area contributed by atoms with Crippen molar-refractivity contribution in [3.63, 3.8) is 0 Å². The maximum Gasteiger partial charge on any atom is 0.0208 e. The highest BCUT2D eigenvalue weighted by Gasteiger charge is 2.15. The minimum absolute atomic E-state index is 0.630. The number of hydrogen-bond donors (Lipinski definition) is 1. The molecule has 0 aromatic heterocycles. The molecule has 1 fully saturated rings. The summed E-state index contributed by atoms with van der Waals surface area (Å²) in [6, 6.07) is 9.84. The third-order valence-corrected chi connectivity index (χ3v) is 4.50. The quantitative estimate of drug-likeness (QED) is 0.761. The summed E-state index contributed by atoms with van der Waals surface area (Å²) in [4.78, 5) is 0. The standard InChI is InChI=1S/C18H29N/c1-14(2)17-10-8-16(9-11-17)13-19-18-6-4-5-15(3)7-12-18/h8-11,14-15,18-19H,4-7,12-13H2,1-3H3. The molecule has 0 bridgehead atoms. The highest BCUT2D eigenvalue weighted by Crippen LogP contribution is 2.23. The summed E-state index contributed by atoms with van der Waals surface area (Å²) in [7, 11) is 0. The molecule has 2 unspecified atom stereocenters. The lowest BCUT2D eigenvalue weighted by Crippen LogP contribution is -2.27. The van der Waals surface area contributed by atoms with Crippen molar-refractivity contribution in [3.8, 4) is 0 Å². The summed E-state index contributed by atoms with van der Waals surface area (Å²) in [5, 5.41) is 3.75. The smallest absolute Gasteiger partial charge is 0.0208 e. The molecule has 0 radical (unpaired) electrons. The van der Waals surface area contributed by atoms with Crippen LogP contribution in [-0.4, -0.2) is 6.04 Å². The van der Waals surface area contributed by atoms with Crippen molar-refractivity contribution in [1.82, 2.24) is 5.32 Å². The maximum atomic E-state index is 3.75. The number of rotatable bonds is 4. The van der Waals surface area contributed by atoms with Crippen LogP contribution in [0.2, 0.25) is 0 Å². The van der Waals surface area contributed by atoms with Crippen molar-refractivity contribution in [2.75, 3.05) is 0 Å². The predicted octanol–water partition coefficient (Wildman–Crippen LogP) is 4.87. The highest BCUT2D eigenvalue weighted by atomic mass is 14.9. The molecule has 1 N–H and O–H groups in total. The first kappa shape index (κ1) is 14.6. The lowest BCUT2D eigenvalue weighted by Gasteiger charge is -2.16. The molecular formula is C18H29N. The van der Waals surface area contributed by atoms with Gasteiger partial charge < -0.3 is 5.32 Å². The van der Waals surface area contributed by atoms with Crippen molar-refractivity contribution >= 4 is 0 Å². The summed E-state index contributed by atoms with van der Waals surface area (Å²) < 4.78 is 0. The van der Waals surface area contributed by atoms with E-state index in [0.29, 0.717) is 5.92 Å². The molecule has 19 heavy (non-hydrogen) atoms. The largest absolute Gasteiger partial charge is 0.310 e. The van der Waals surface area contributed by atoms with Crippen LogP contribution in [0.4, 0.5) is 0 Å². The fourth-order valence-electron chi connectivity index (χ4n) is 2.97. The van der Waals surface area contributed by atoms with Crippen molar-refractivity contribution in [3.05, 3.63) is 35.4 Å². The van der Waals surface area contributed by atoms with Crippen molar-refractivity contribution < 1.29 is 0 Å². The molecule has 1 saturated carbocycles. The van der Waals surface area contributed by atoms with Crippen LogP contribution < -0.4 is 5.32 Å². The fourth-order valence-corrected chi connectivity index (χ4v) is 2.97.